The van der Waals surface area contributed by atoms with Crippen molar-refractivity contribution in [1.29, 1.82) is 0 Å². The maximum absolute atomic E-state index is 13.8. The van der Waals surface area contributed by atoms with Gasteiger partial charge in [0.05, 0.1) is 7.11 Å². The number of methoxy groups -OCH3 is 1. The Balaban J connectivity index is 2.17. The second-order valence-electron chi connectivity index (χ2n) is 4.79. The van der Waals surface area contributed by atoms with Crippen LogP contribution < -0.4 is 10.5 Å². The highest BCUT2D eigenvalue weighted by Gasteiger charge is 2.37. The van der Waals surface area contributed by atoms with E-state index in [9.17, 15) is 4.39 Å². The minimum atomic E-state index is -0.180. The summed E-state index contributed by atoms with van der Waals surface area (Å²) in [6, 6.07) is 3.42. The Morgan fingerprint density at radius 1 is 1.44 bits per heavy atom. The second kappa shape index (κ2) is 4.06. The molecule has 88 valence electrons. The first-order valence-corrected chi connectivity index (χ1v) is 5.66. The summed E-state index contributed by atoms with van der Waals surface area (Å²) in [6.07, 6.45) is 3.61. The van der Waals surface area contributed by atoms with Gasteiger partial charge < -0.3 is 10.5 Å². The van der Waals surface area contributed by atoms with Crippen LogP contribution in [-0.2, 0) is 6.42 Å². The van der Waals surface area contributed by atoms with Crippen molar-refractivity contribution in [2.75, 3.05) is 7.11 Å². The molecular weight excluding hydrogens is 205 g/mol. The van der Waals surface area contributed by atoms with Crippen LogP contribution in [0.5, 0.6) is 5.75 Å². The van der Waals surface area contributed by atoms with E-state index in [-0.39, 0.29) is 11.4 Å². The lowest BCUT2D eigenvalue weighted by Gasteiger charge is -2.13. The zero-order chi connectivity index (χ0) is 11.8. The topological polar surface area (TPSA) is 35.2 Å². The molecule has 0 aliphatic heterocycles. The Morgan fingerprint density at radius 2 is 2.12 bits per heavy atom. The first kappa shape index (κ1) is 11.4. The van der Waals surface area contributed by atoms with Crippen molar-refractivity contribution < 1.29 is 9.13 Å². The summed E-state index contributed by atoms with van der Waals surface area (Å²) in [5.74, 6) is 0.461. The van der Waals surface area contributed by atoms with E-state index in [1.807, 2.05) is 13.0 Å². The molecule has 1 aliphatic carbocycles. The van der Waals surface area contributed by atoms with Crippen molar-refractivity contribution in [2.24, 2.45) is 5.73 Å². The van der Waals surface area contributed by atoms with Gasteiger partial charge in [0.25, 0.3) is 0 Å². The van der Waals surface area contributed by atoms with Crippen LogP contribution in [0, 0.1) is 12.7 Å². The summed E-state index contributed by atoms with van der Waals surface area (Å²) in [4.78, 5) is 0. The van der Waals surface area contributed by atoms with Crippen molar-refractivity contribution in [2.45, 2.75) is 38.1 Å². The van der Waals surface area contributed by atoms with Gasteiger partial charge in [0.1, 0.15) is 11.6 Å². The van der Waals surface area contributed by atoms with Crippen molar-refractivity contribution in [3.63, 3.8) is 0 Å². The number of rotatable bonds is 4. The summed E-state index contributed by atoms with van der Waals surface area (Å²) in [5.41, 5.74) is 7.50. The van der Waals surface area contributed by atoms with Gasteiger partial charge in [-0.25, -0.2) is 4.39 Å². The Morgan fingerprint density at radius 3 is 2.69 bits per heavy atom. The number of aryl methyl sites for hydroxylation is 1. The summed E-state index contributed by atoms with van der Waals surface area (Å²) in [5, 5.41) is 0. The maximum Gasteiger partial charge on any atom is 0.130 e. The van der Waals surface area contributed by atoms with Crippen LogP contribution in [0.25, 0.3) is 0 Å². The molecule has 1 aliphatic rings. The molecule has 2 rings (SSSR count). The molecule has 1 aromatic rings. The highest BCUT2D eigenvalue weighted by molar-refractivity contribution is 5.38. The monoisotopic (exact) mass is 223 g/mol. The van der Waals surface area contributed by atoms with Gasteiger partial charge in [0.15, 0.2) is 0 Å². The standard InChI is InChI=1S/C13H18FNO/c1-9-7-11(14)10(12(8-9)16-2)3-4-13(15)5-6-13/h7-8H,3-6,15H2,1-2H3. The van der Waals surface area contributed by atoms with Gasteiger partial charge in [-0.3, -0.25) is 0 Å². The lowest BCUT2D eigenvalue weighted by Crippen LogP contribution is -2.22. The van der Waals surface area contributed by atoms with Gasteiger partial charge in [0, 0.05) is 11.1 Å². The Kier molecular flexibility index (Phi) is 2.89. The second-order valence-corrected chi connectivity index (χ2v) is 4.79. The van der Waals surface area contributed by atoms with E-state index in [4.69, 9.17) is 10.5 Å². The van der Waals surface area contributed by atoms with E-state index < -0.39 is 0 Å². The van der Waals surface area contributed by atoms with Gasteiger partial charge in [0.2, 0.25) is 0 Å². The smallest absolute Gasteiger partial charge is 0.130 e. The highest BCUT2D eigenvalue weighted by atomic mass is 19.1. The fourth-order valence-corrected chi connectivity index (χ4v) is 1.95. The van der Waals surface area contributed by atoms with Gasteiger partial charge in [-0.05, 0) is 50.3 Å². The number of hydrogen-bond donors (Lipinski definition) is 1. The molecule has 0 heterocycles. The number of halogens is 1. The average Bonchev–Trinajstić information content (AvgIpc) is 2.94. The van der Waals surface area contributed by atoms with Crippen molar-refractivity contribution in [1.82, 2.24) is 0 Å². The van der Waals surface area contributed by atoms with Crippen LogP contribution in [0.1, 0.15) is 30.4 Å². The van der Waals surface area contributed by atoms with Crippen molar-refractivity contribution in [3.05, 3.63) is 29.1 Å². The van der Waals surface area contributed by atoms with E-state index >= 15 is 0 Å². The summed E-state index contributed by atoms with van der Waals surface area (Å²) < 4.78 is 19.0. The highest BCUT2D eigenvalue weighted by Crippen LogP contribution is 2.38. The zero-order valence-corrected chi connectivity index (χ0v) is 9.85. The molecule has 0 spiro atoms. The molecule has 1 fully saturated rings. The molecule has 16 heavy (non-hydrogen) atoms. The molecule has 2 N–H and O–H groups in total. The van der Waals surface area contributed by atoms with Crippen molar-refractivity contribution in [3.8, 4) is 5.75 Å². The molecule has 3 heteroatoms. The van der Waals surface area contributed by atoms with E-state index in [2.05, 4.69) is 0 Å². The quantitative estimate of drug-likeness (QED) is 0.851. The Hall–Kier alpha value is -1.09. The fraction of sp³-hybridized carbons (Fsp3) is 0.538. The number of ether oxygens (including phenoxy) is 1. The SMILES string of the molecule is COc1cc(C)cc(F)c1CCC1(N)CC1. The largest absolute Gasteiger partial charge is 0.496 e. The third-order valence-electron chi connectivity index (χ3n) is 3.28. The molecule has 0 atom stereocenters. The third kappa shape index (κ3) is 2.35. The maximum atomic E-state index is 13.8. The molecule has 0 unspecified atom stereocenters. The van der Waals surface area contributed by atoms with Crippen LogP contribution in [0.15, 0.2) is 12.1 Å². The lowest BCUT2D eigenvalue weighted by molar-refractivity contribution is 0.401. The van der Waals surface area contributed by atoms with Crippen molar-refractivity contribution >= 4 is 0 Å². The van der Waals surface area contributed by atoms with Gasteiger partial charge in [-0.1, -0.05) is 0 Å². The van der Waals surface area contributed by atoms with Crippen LogP contribution >= 0.6 is 0 Å². The predicted molar refractivity (Wildman–Crippen MR) is 62.2 cm³/mol. The van der Waals surface area contributed by atoms with Crippen LogP contribution in [0.3, 0.4) is 0 Å². The molecule has 0 saturated heterocycles. The van der Waals surface area contributed by atoms with E-state index in [1.165, 1.54) is 0 Å². The van der Waals surface area contributed by atoms with E-state index in [0.29, 0.717) is 17.7 Å². The molecule has 0 radical (unpaired) electrons. The van der Waals surface area contributed by atoms with Crippen LogP contribution in [0.2, 0.25) is 0 Å². The fourth-order valence-electron chi connectivity index (χ4n) is 1.95. The van der Waals surface area contributed by atoms with Gasteiger partial charge >= 0.3 is 0 Å². The minimum absolute atomic E-state index is 0.0393. The predicted octanol–water partition coefficient (Wildman–Crippen LogP) is 2.57. The molecule has 1 saturated carbocycles. The molecule has 0 bridgehead atoms. The lowest BCUT2D eigenvalue weighted by atomic mass is 10.0. The van der Waals surface area contributed by atoms with Crippen LogP contribution in [-0.4, -0.2) is 12.6 Å². The van der Waals surface area contributed by atoms with Crippen LogP contribution in [0.4, 0.5) is 4.39 Å². The van der Waals surface area contributed by atoms with Gasteiger partial charge in [-0.15, -0.1) is 0 Å². The zero-order valence-electron chi connectivity index (χ0n) is 9.85. The normalized spacial score (nSPS) is 17.2. The molecular formula is C13H18FNO. The average molecular weight is 223 g/mol. The summed E-state index contributed by atoms with van der Waals surface area (Å²) in [6.45, 7) is 1.86. The minimum Gasteiger partial charge on any atom is -0.496 e. The van der Waals surface area contributed by atoms with Gasteiger partial charge in [-0.2, -0.15) is 0 Å². The number of hydrogen-bond acceptors (Lipinski definition) is 2. The first-order valence-electron chi connectivity index (χ1n) is 5.66. The molecule has 0 amide bonds. The Labute approximate surface area is 95.6 Å². The number of benzene rings is 1. The number of nitrogens with two attached hydrogens (primary N) is 1. The van der Waals surface area contributed by atoms with E-state index in [1.54, 1.807) is 13.2 Å². The molecule has 1 aromatic carbocycles. The molecule has 2 nitrogen and oxygen atoms in total. The molecule has 0 aromatic heterocycles. The van der Waals surface area contributed by atoms with E-state index in [0.717, 1.165) is 24.8 Å². The summed E-state index contributed by atoms with van der Waals surface area (Å²) in [7, 11) is 1.58. The summed E-state index contributed by atoms with van der Waals surface area (Å²) >= 11 is 0. The Bertz CT molecular complexity index is 399. The first-order chi connectivity index (χ1) is 7.54. The third-order valence-corrected chi connectivity index (χ3v) is 3.28.